The molecule has 0 radical (unpaired) electrons. The van der Waals surface area contributed by atoms with Gasteiger partial charge in [-0.3, -0.25) is 9.67 Å². The Kier molecular flexibility index (Phi) is 4.23. The van der Waals surface area contributed by atoms with Gasteiger partial charge in [0, 0.05) is 29.6 Å². The predicted octanol–water partition coefficient (Wildman–Crippen LogP) is 3.66. The van der Waals surface area contributed by atoms with Crippen molar-refractivity contribution in [2.24, 2.45) is 0 Å². The topological polar surface area (TPSA) is 30.7 Å². The molecule has 5 heteroatoms. The average molecular weight is 312 g/mol. The highest BCUT2D eigenvalue weighted by molar-refractivity contribution is 9.10. The highest BCUT2D eigenvalue weighted by atomic mass is 79.9. The Morgan fingerprint density at radius 2 is 2.06 bits per heavy atom. The number of thioether (sulfide) groups is 1. The fraction of sp³-hybridized carbons (Fsp3) is 0.333. The average Bonchev–Trinajstić information content (AvgIpc) is 2.64. The van der Waals surface area contributed by atoms with Crippen molar-refractivity contribution < 1.29 is 0 Å². The Bertz CT molecular complexity index is 496. The lowest BCUT2D eigenvalue weighted by Crippen LogP contribution is -2.01. The van der Waals surface area contributed by atoms with E-state index in [4.69, 9.17) is 0 Å². The first-order valence-corrected chi connectivity index (χ1v) is 7.24. The van der Waals surface area contributed by atoms with Crippen molar-refractivity contribution in [3.63, 3.8) is 0 Å². The summed E-state index contributed by atoms with van der Waals surface area (Å²) in [4.78, 5) is 5.25. The summed E-state index contributed by atoms with van der Waals surface area (Å²) < 4.78 is 3.18. The number of aryl methyl sites for hydroxylation is 2. The van der Waals surface area contributed by atoms with E-state index in [0.29, 0.717) is 0 Å². The molecular weight excluding hydrogens is 298 g/mol. The number of nitrogens with zero attached hydrogens (tertiary/aromatic N) is 3. The van der Waals surface area contributed by atoms with Crippen LogP contribution in [0.25, 0.3) is 0 Å². The van der Waals surface area contributed by atoms with Gasteiger partial charge in [-0.15, -0.1) is 11.8 Å². The van der Waals surface area contributed by atoms with E-state index in [0.717, 1.165) is 22.5 Å². The van der Waals surface area contributed by atoms with Gasteiger partial charge in [-0.25, -0.2) is 0 Å². The first-order chi connectivity index (χ1) is 8.22. The van der Waals surface area contributed by atoms with Gasteiger partial charge in [-0.1, -0.05) is 0 Å². The Morgan fingerprint density at radius 1 is 1.35 bits per heavy atom. The van der Waals surface area contributed by atoms with Crippen LogP contribution in [-0.4, -0.2) is 14.8 Å². The Hall–Kier alpha value is -0.810. The van der Waals surface area contributed by atoms with Gasteiger partial charge in [0.1, 0.15) is 0 Å². The summed E-state index contributed by atoms with van der Waals surface area (Å²) in [5.74, 6) is 0.916. The van der Waals surface area contributed by atoms with Gasteiger partial charge in [-0.05, 0) is 41.9 Å². The van der Waals surface area contributed by atoms with Crippen molar-refractivity contribution in [3.05, 3.63) is 40.4 Å². The molecule has 0 spiro atoms. The molecule has 3 nitrogen and oxygen atoms in total. The van der Waals surface area contributed by atoms with Crippen LogP contribution in [0.2, 0.25) is 0 Å². The zero-order valence-corrected chi connectivity index (χ0v) is 12.3. The predicted molar refractivity (Wildman–Crippen MR) is 74.1 cm³/mol. The maximum Gasteiger partial charge on any atom is 0.0739 e. The SMILES string of the molecule is CCn1nc(C)c(Br)c1CSc1ccncc1. The second kappa shape index (κ2) is 5.69. The molecule has 0 aliphatic heterocycles. The third-order valence-corrected chi connectivity index (χ3v) is 4.53. The number of rotatable bonds is 4. The monoisotopic (exact) mass is 311 g/mol. The van der Waals surface area contributed by atoms with Crippen LogP contribution in [0.15, 0.2) is 33.9 Å². The fourth-order valence-electron chi connectivity index (χ4n) is 1.59. The summed E-state index contributed by atoms with van der Waals surface area (Å²) in [5, 5.41) is 4.49. The van der Waals surface area contributed by atoms with Gasteiger partial charge in [0.05, 0.1) is 15.9 Å². The van der Waals surface area contributed by atoms with Crippen LogP contribution in [0.5, 0.6) is 0 Å². The number of hydrogen-bond acceptors (Lipinski definition) is 3. The molecular formula is C12H14BrN3S. The molecule has 17 heavy (non-hydrogen) atoms. The quantitative estimate of drug-likeness (QED) is 0.807. The van der Waals surface area contributed by atoms with Crippen molar-refractivity contribution in [2.45, 2.75) is 31.0 Å². The molecule has 2 rings (SSSR count). The summed E-state index contributed by atoms with van der Waals surface area (Å²) >= 11 is 5.41. The summed E-state index contributed by atoms with van der Waals surface area (Å²) in [6, 6.07) is 4.05. The summed E-state index contributed by atoms with van der Waals surface area (Å²) in [6.07, 6.45) is 3.64. The smallest absolute Gasteiger partial charge is 0.0739 e. The highest BCUT2D eigenvalue weighted by Gasteiger charge is 2.11. The van der Waals surface area contributed by atoms with Crippen molar-refractivity contribution in [3.8, 4) is 0 Å². The van der Waals surface area contributed by atoms with Crippen LogP contribution in [-0.2, 0) is 12.3 Å². The Morgan fingerprint density at radius 3 is 2.71 bits per heavy atom. The molecule has 0 atom stereocenters. The Labute approximate surface area is 114 Å². The van der Waals surface area contributed by atoms with Crippen molar-refractivity contribution in [2.75, 3.05) is 0 Å². The second-order valence-corrected chi connectivity index (χ2v) is 5.48. The zero-order chi connectivity index (χ0) is 12.3. The van der Waals surface area contributed by atoms with Crippen molar-refractivity contribution in [1.82, 2.24) is 14.8 Å². The molecule has 0 amide bonds. The first-order valence-electron chi connectivity index (χ1n) is 5.47. The summed E-state index contributed by atoms with van der Waals surface area (Å²) in [6.45, 7) is 5.04. The van der Waals surface area contributed by atoms with E-state index in [1.54, 1.807) is 11.8 Å². The van der Waals surface area contributed by atoms with Crippen LogP contribution in [0, 0.1) is 6.92 Å². The number of pyridine rings is 1. The molecule has 0 aromatic carbocycles. The lowest BCUT2D eigenvalue weighted by atomic mass is 10.4. The molecule has 0 aliphatic carbocycles. The summed E-state index contributed by atoms with van der Waals surface area (Å²) in [7, 11) is 0. The maximum atomic E-state index is 4.49. The van der Waals surface area contributed by atoms with E-state index >= 15 is 0 Å². The van der Waals surface area contributed by atoms with Crippen molar-refractivity contribution >= 4 is 27.7 Å². The van der Waals surface area contributed by atoms with Gasteiger partial charge in [0.2, 0.25) is 0 Å². The molecule has 90 valence electrons. The molecule has 0 saturated heterocycles. The molecule has 0 unspecified atom stereocenters. The maximum absolute atomic E-state index is 4.49. The minimum Gasteiger partial charge on any atom is -0.268 e. The van der Waals surface area contributed by atoms with Gasteiger partial charge >= 0.3 is 0 Å². The van der Waals surface area contributed by atoms with Gasteiger partial charge < -0.3 is 0 Å². The third-order valence-electron chi connectivity index (χ3n) is 2.48. The molecule has 0 fully saturated rings. The number of hydrogen-bond donors (Lipinski definition) is 0. The van der Waals surface area contributed by atoms with Crippen LogP contribution >= 0.6 is 27.7 Å². The molecule has 0 saturated carbocycles. The molecule has 2 aromatic rings. The molecule has 0 bridgehead atoms. The van der Waals surface area contributed by atoms with Gasteiger partial charge in [0.25, 0.3) is 0 Å². The van der Waals surface area contributed by atoms with E-state index in [-0.39, 0.29) is 0 Å². The highest BCUT2D eigenvalue weighted by Crippen LogP contribution is 2.28. The van der Waals surface area contributed by atoms with Crippen LogP contribution < -0.4 is 0 Å². The minimum atomic E-state index is 0.901. The molecule has 2 heterocycles. The van der Waals surface area contributed by atoms with Gasteiger partial charge in [0.15, 0.2) is 0 Å². The van der Waals surface area contributed by atoms with E-state index in [1.807, 2.05) is 36.1 Å². The molecule has 0 aliphatic rings. The third kappa shape index (κ3) is 2.90. The molecule has 2 aromatic heterocycles. The first kappa shape index (κ1) is 12.6. The number of aromatic nitrogens is 3. The zero-order valence-electron chi connectivity index (χ0n) is 9.85. The largest absolute Gasteiger partial charge is 0.268 e. The normalized spacial score (nSPS) is 10.8. The van der Waals surface area contributed by atoms with Crippen LogP contribution in [0.4, 0.5) is 0 Å². The van der Waals surface area contributed by atoms with Crippen LogP contribution in [0.3, 0.4) is 0 Å². The molecule has 0 N–H and O–H groups in total. The fourth-order valence-corrected chi connectivity index (χ4v) is 3.11. The lowest BCUT2D eigenvalue weighted by Gasteiger charge is -2.05. The number of halogens is 1. The van der Waals surface area contributed by atoms with E-state index in [1.165, 1.54) is 10.6 Å². The Balaban J connectivity index is 2.14. The minimum absolute atomic E-state index is 0.901. The summed E-state index contributed by atoms with van der Waals surface area (Å²) in [5.41, 5.74) is 2.30. The second-order valence-electron chi connectivity index (χ2n) is 3.63. The lowest BCUT2D eigenvalue weighted by molar-refractivity contribution is 0.631. The van der Waals surface area contributed by atoms with Crippen LogP contribution in [0.1, 0.15) is 18.3 Å². The van der Waals surface area contributed by atoms with E-state index in [9.17, 15) is 0 Å². The van der Waals surface area contributed by atoms with Crippen molar-refractivity contribution in [1.29, 1.82) is 0 Å². The standard InChI is InChI=1S/C12H14BrN3S/c1-3-16-11(12(13)9(2)15-16)8-17-10-4-6-14-7-5-10/h4-7H,3,8H2,1-2H3. The van der Waals surface area contributed by atoms with E-state index in [2.05, 4.69) is 32.9 Å². The van der Waals surface area contributed by atoms with Gasteiger partial charge in [-0.2, -0.15) is 5.10 Å². The van der Waals surface area contributed by atoms with E-state index < -0.39 is 0 Å².